The van der Waals surface area contributed by atoms with E-state index in [1.807, 2.05) is 36.0 Å². The lowest BCUT2D eigenvalue weighted by Crippen LogP contribution is -2.03. The molecule has 5 nitrogen and oxygen atoms in total. The SMILES string of the molecule is Cc1nc(C(C)C)c2c(C#N)cn(Cc3cccnc3)c2n1. The molecular weight excluding hydrogens is 274 g/mol. The average molecular weight is 291 g/mol. The molecule has 0 amide bonds. The number of hydrogen-bond donors (Lipinski definition) is 0. The molecule has 0 radical (unpaired) electrons. The van der Waals surface area contributed by atoms with Crippen molar-refractivity contribution in [3.63, 3.8) is 0 Å². The van der Waals surface area contributed by atoms with Crippen molar-refractivity contribution in [1.82, 2.24) is 19.5 Å². The van der Waals surface area contributed by atoms with Crippen molar-refractivity contribution in [2.75, 3.05) is 0 Å². The Hall–Kier alpha value is -2.74. The smallest absolute Gasteiger partial charge is 0.145 e. The zero-order valence-electron chi connectivity index (χ0n) is 12.9. The Bertz CT molecular complexity index is 856. The number of nitriles is 1. The minimum absolute atomic E-state index is 0.241. The van der Waals surface area contributed by atoms with Gasteiger partial charge in [-0.05, 0) is 24.5 Å². The van der Waals surface area contributed by atoms with Gasteiger partial charge in [-0.15, -0.1) is 0 Å². The highest BCUT2D eigenvalue weighted by molar-refractivity contribution is 5.86. The van der Waals surface area contributed by atoms with E-state index in [-0.39, 0.29) is 5.92 Å². The maximum absolute atomic E-state index is 9.46. The molecule has 22 heavy (non-hydrogen) atoms. The molecule has 0 aliphatic carbocycles. The van der Waals surface area contributed by atoms with Crippen LogP contribution in [0.4, 0.5) is 0 Å². The van der Waals surface area contributed by atoms with Gasteiger partial charge in [0.25, 0.3) is 0 Å². The van der Waals surface area contributed by atoms with Gasteiger partial charge in [-0.2, -0.15) is 5.26 Å². The molecule has 0 fully saturated rings. The first-order chi connectivity index (χ1) is 10.6. The first-order valence-electron chi connectivity index (χ1n) is 7.26. The fourth-order valence-corrected chi connectivity index (χ4v) is 2.64. The van der Waals surface area contributed by atoms with Crippen LogP contribution in [0.15, 0.2) is 30.7 Å². The number of rotatable bonds is 3. The van der Waals surface area contributed by atoms with Crippen LogP contribution in [0.3, 0.4) is 0 Å². The first kappa shape index (κ1) is 14.2. The summed E-state index contributed by atoms with van der Waals surface area (Å²) in [6.07, 6.45) is 5.44. The third-order valence-corrected chi connectivity index (χ3v) is 3.60. The van der Waals surface area contributed by atoms with Crippen LogP contribution in [-0.2, 0) is 6.54 Å². The van der Waals surface area contributed by atoms with Crippen LogP contribution in [0.5, 0.6) is 0 Å². The number of hydrogen-bond acceptors (Lipinski definition) is 4. The van der Waals surface area contributed by atoms with Crippen molar-refractivity contribution >= 4 is 11.0 Å². The minimum atomic E-state index is 0.241. The van der Waals surface area contributed by atoms with Crippen LogP contribution >= 0.6 is 0 Å². The Balaban J connectivity index is 2.22. The number of fused-ring (bicyclic) bond motifs is 1. The second kappa shape index (κ2) is 5.57. The van der Waals surface area contributed by atoms with Crippen LogP contribution in [0.25, 0.3) is 11.0 Å². The van der Waals surface area contributed by atoms with Crippen LogP contribution in [0, 0.1) is 18.3 Å². The molecule has 0 atom stereocenters. The van der Waals surface area contributed by atoms with Gasteiger partial charge in [0, 0.05) is 18.6 Å². The summed E-state index contributed by atoms with van der Waals surface area (Å²) < 4.78 is 2.01. The summed E-state index contributed by atoms with van der Waals surface area (Å²) >= 11 is 0. The van der Waals surface area contributed by atoms with E-state index in [4.69, 9.17) is 0 Å². The van der Waals surface area contributed by atoms with Crippen molar-refractivity contribution in [1.29, 1.82) is 5.26 Å². The first-order valence-corrected chi connectivity index (χ1v) is 7.26. The molecule has 0 aromatic carbocycles. The molecule has 110 valence electrons. The Morgan fingerprint density at radius 2 is 2.14 bits per heavy atom. The predicted molar refractivity (Wildman–Crippen MR) is 84.4 cm³/mol. The maximum atomic E-state index is 9.46. The molecule has 0 bridgehead atoms. The van der Waals surface area contributed by atoms with Crippen LogP contribution in [0.1, 0.15) is 42.4 Å². The van der Waals surface area contributed by atoms with E-state index in [2.05, 4.69) is 34.9 Å². The van der Waals surface area contributed by atoms with Gasteiger partial charge in [0.15, 0.2) is 0 Å². The zero-order valence-corrected chi connectivity index (χ0v) is 12.9. The fourth-order valence-electron chi connectivity index (χ4n) is 2.64. The second-order valence-corrected chi connectivity index (χ2v) is 5.65. The molecule has 0 saturated heterocycles. The van der Waals surface area contributed by atoms with Gasteiger partial charge in [0.05, 0.1) is 23.2 Å². The van der Waals surface area contributed by atoms with Crippen molar-refractivity contribution < 1.29 is 0 Å². The quantitative estimate of drug-likeness (QED) is 0.743. The third-order valence-electron chi connectivity index (χ3n) is 3.60. The molecular formula is C17H17N5. The van der Waals surface area contributed by atoms with Gasteiger partial charge in [-0.3, -0.25) is 4.98 Å². The summed E-state index contributed by atoms with van der Waals surface area (Å²) in [5.74, 6) is 0.969. The highest BCUT2D eigenvalue weighted by Gasteiger charge is 2.18. The van der Waals surface area contributed by atoms with Crippen molar-refractivity contribution in [2.24, 2.45) is 0 Å². The summed E-state index contributed by atoms with van der Waals surface area (Å²) in [6, 6.07) is 6.20. The summed E-state index contributed by atoms with van der Waals surface area (Å²) in [6.45, 7) is 6.69. The molecule has 0 aliphatic heterocycles. The van der Waals surface area contributed by atoms with E-state index in [1.165, 1.54) is 0 Å². The maximum Gasteiger partial charge on any atom is 0.145 e. The van der Waals surface area contributed by atoms with E-state index in [0.717, 1.165) is 28.1 Å². The molecule has 5 heteroatoms. The molecule has 3 rings (SSSR count). The molecule has 0 N–H and O–H groups in total. The lowest BCUT2D eigenvalue weighted by atomic mass is 10.0. The Morgan fingerprint density at radius 1 is 1.32 bits per heavy atom. The Labute approximate surface area is 129 Å². The molecule has 0 saturated carbocycles. The highest BCUT2D eigenvalue weighted by atomic mass is 15.1. The van der Waals surface area contributed by atoms with Crippen LogP contribution in [0.2, 0.25) is 0 Å². The lowest BCUT2D eigenvalue weighted by molar-refractivity contribution is 0.795. The van der Waals surface area contributed by atoms with E-state index in [0.29, 0.717) is 12.1 Å². The predicted octanol–water partition coefficient (Wildman–Crippen LogP) is 3.18. The van der Waals surface area contributed by atoms with Gasteiger partial charge in [0.2, 0.25) is 0 Å². The zero-order chi connectivity index (χ0) is 15.7. The van der Waals surface area contributed by atoms with Crippen molar-refractivity contribution in [3.05, 3.63) is 53.4 Å². The second-order valence-electron chi connectivity index (χ2n) is 5.65. The van der Waals surface area contributed by atoms with Gasteiger partial charge in [-0.1, -0.05) is 19.9 Å². The third kappa shape index (κ3) is 2.44. The van der Waals surface area contributed by atoms with E-state index in [9.17, 15) is 5.26 Å². The summed E-state index contributed by atoms with van der Waals surface area (Å²) in [7, 11) is 0. The van der Waals surface area contributed by atoms with Gasteiger partial charge in [0.1, 0.15) is 17.5 Å². The van der Waals surface area contributed by atoms with E-state index >= 15 is 0 Å². The number of aromatic nitrogens is 4. The minimum Gasteiger partial charge on any atom is -0.327 e. The Morgan fingerprint density at radius 3 is 2.77 bits per heavy atom. The van der Waals surface area contributed by atoms with Crippen LogP contribution in [-0.4, -0.2) is 19.5 Å². The monoisotopic (exact) mass is 291 g/mol. The topological polar surface area (TPSA) is 67.4 Å². The fraction of sp³-hybridized carbons (Fsp3) is 0.294. The van der Waals surface area contributed by atoms with Crippen LogP contribution < -0.4 is 0 Å². The lowest BCUT2D eigenvalue weighted by Gasteiger charge is -2.09. The number of pyridine rings is 1. The van der Waals surface area contributed by atoms with E-state index < -0.39 is 0 Å². The molecule has 0 unspecified atom stereocenters. The molecule has 3 heterocycles. The Kier molecular flexibility index (Phi) is 3.60. The number of aryl methyl sites for hydroxylation is 1. The van der Waals surface area contributed by atoms with Crippen molar-refractivity contribution in [2.45, 2.75) is 33.2 Å². The van der Waals surface area contributed by atoms with Gasteiger partial charge < -0.3 is 4.57 Å². The molecule has 3 aromatic heterocycles. The average Bonchev–Trinajstić information content (AvgIpc) is 2.85. The standard InChI is InChI=1S/C17H17N5/c1-11(2)16-15-14(7-18)10-22(17(15)21-12(3)20-16)9-13-5-4-6-19-8-13/h4-6,8,10-11H,9H2,1-3H3. The van der Waals surface area contributed by atoms with Gasteiger partial charge >= 0.3 is 0 Å². The highest BCUT2D eigenvalue weighted by Crippen LogP contribution is 2.27. The number of nitrogens with zero attached hydrogens (tertiary/aromatic N) is 5. The largest absolute Gasteiger partial charge is 0.327 e. The van der Waals surface area contributed by atoms with Gasteiger partial charge in [-0.25, -0.2) is 9.97 Å². The molecule has 3 aromatic rings. The van der Waals surface area contributed by atoms with E-state index in [1.54, 1.807) is 6.20 Å². The summed E-state index contributed by atoms with van der Waals surface area (Å²) in [4.78, 5) is 13.2. The summed E-state index contributed by atoms with van der Waals surface area (Å²) in [5, 5.41) is 10.3. The molecule has 0 spiro atoms. The molecule has 0 aliphatic rings. The van der Waals surface area contributed by atoms with Crippen molar-refractivity contribution in [3.8, 4) is 6.07 Å². The normalized spacial score (nSPS) is 11.0. The summed E-state index contributed by atoms with van der Waals surface area (Å²) in [5.41, 5.74) is 3.45.